The molecule has 0 fully saturated rings. The molecular weight excluding hydrogens is 352 g/mol. The summed E-state index contributed by atoms with van der Waals surface area (Å²) in [6.45, 7) is 5.18. The van der Waals surface area contributed by atoms with Gasteiger partial charge < -0.3 is 9.84 Å². The Morgan fingerprint density at radius 1 is 1.42 bits per heavy atom. The summed E-state index contributed by atoms with van der Waals surface area (Å²) in [5.74, 6) is 0.0342. The molecule has 0 saturated carbocycles. The van der Waals surface area contributed by atoms with Crippen molar-refractivity contribution in [3.8, 4) is 16.9 Å². The SMILES string of the molecule is CCc1sc2nc(C)n(C(C)C(=O)O)c(=O)c2c1-c1cccc(OC)c1. The molecule has 3 aromatic rings. The van der Waals surface area contributed by atoms with Gasteiger partial charge in [0.15, 0.2) is 0 Å². The van der Waals surface area contributed by atoms with Crippen LogP contribution in [0.4, 0.5) is 0 Å². The first-order valence-corrected chi connectivity index (χ1v) is 9.12. The van der Waals surface area contributed by atoms with E-state index in [0.29, 0.717) is 21.8 Å². The number of hydrogen-bond acceptors (Lipinski definition) is 5. The second-order valence-corrected chi connectivity index (χ2v) is 7.10. The summed E-state index contributed by atoms with van der Waals surface area (Å²) >= 11 is 1.48. The van der Waals surface area contributed by atoms with Gasteiger partial charge in [0.05, 0.1) is 12.5 Å². The monoisotopic (exact) mass is 372 g/mol. The van der Waals surface area contributed by atoms with Crippen LogP contribution in [0.15, 0.2) is 29.1 Å². The fourth-order valence-corrected chi connectivity index (χ4v) is 4.28. The molecule has 1 unspecified atom stereocenters. The minimum Gasteiger partial charge on any atom is -0.497 e. The molecule has 0 radical (unpaired) electrons. The number of thiophene rings is 1. The summed E-state index contributed by atoms with van der Waals surface area (Å²) in [5, 5.41) is 9.83. The van der Waals surface area contributed by atoms with E-state index in [2.05, 4.69) is 4.98 Å². The number of fused-ring (bicyclic) bond motifs is 1. The molecule has 0 aliphatic heterocycles. The second-order valence-electron chi connectivity index (χ2n) is 6.01. The highest BCUT2D eigenvalue weighted by atomic mass is 32.1. The fourth-order valence-electron chi connectivity index (χ4n) is 3.11. The minimum absolute atomic E-state index is 0.323. The normalized spacial score (nSPS) is 12.3. The van der Waals surface area contributed by atoms with Crippen LogP contribution in [0.3, 0.4) is 0 Å². The molecule has 6 nitrogen and oxygen atoms in total. The third-order valence-corrected chi connectivity index (χ3v) is 5.66. The van der Waals surface area contributed by atoms with E-state index in [4.69, 9.17) is 4.74 Å². The molecule has 0 spiro atoms. The van der Waals surface area contributed by atoms with Gasteiger partial charge in [-0.25, -0.2) is 9.78 Å². The molecule has 1 aromatic carbocycles. The van der Waals surface area contributed by atoms with Crippen LogP contribution in [0.25, 0.3) is 21.3 Å². The van der Waals surface area contributed by atoms with Gasteiger partial charge in [-0.2, -0.15) is 0 Å². The van der Waals surface area contributed by atoms with E-state index in [1.165, 1.54) is 22.8 Å². The van der Waals surface area contributed by atoms with Crippen LogP contribution < -0.4 is 10.3 Å². The first-order valence-electron chi connectivity index (χ1n) is 8.30. The number of methoxy groups -OCH3 is 1. The summed E-state index contributed by atoms with van der Waals surface area (Å²) in [6.07, 6.45) is 0.751. The van der Waals surface area contributed by atoms with Gasteiger partial charge in [0, 0.05) is 10.4 Å². The third-order valence-electron chi connectivity index (χ3n) is 4.43. The number of ether oxygens (including phenoxy) is 1. The number of aromatic nitrogens is 2. The molecule has 3 rings (SSSR count). The van der Waals surface area contributed by atoms with Crippen LogP contribution in [0, 0.1) is 6.92 Å². The van der Waals surface area contributed by atoms with Crippen molar-refractivity contribution in [2.75, 3.05) is 7.11 Å². The van der Waals surface area contributed by atoms with Crippen molar-refractivity contribution in [2.24, 2.45) is 0 Å². The van der Waals surface area contributed by atoms with Gasteiger partial charge in [0.25, 0.3) is 5.56 Å². The smallest absolute Gasteiger partial charge is 0.326 e. The Labute approximate surface area is 154 Å². The van der Waals surface area contributed by atoms with Crippen LogP contribution in [0.5, 0.6) is 5.75 Å². The lowest BCUT2D eigenvalue weighted by molar-refractivity contribution is -0.140. The topological polar surface area (TPSA) is 81.4 Å². The fraction of sp³-hybridized carbons (Fsp3) is 0.316. The van der Waals surface area contributed by atoms with E-state index in [1.807, 2.05) is 31.2 Å². The lowest BCUT2D eigenvalue weighted by Gasteiger charge is -2.14. The standard InChI is InChI=1S/C19H20N2O4S/c1-5-14-15(12-7-6-8-13(9-12)25-4)16-17(26-14)20-11(3)21(18(16)22)10(2)19(23)24/h6-10H,5H2,1-4H3,(H,23,24). The van der Waals surface area contributed by atoms with Crippen molar-refractivity contribution < 1.29 is 14.6 Å². The first kappa shape index (κ1) is 18.1. The molecule has 1 N–H and O–H groups in total. The largest absolute Gasteiger partial charge is 0.497 e. The number of nitrogens with zero attached hydrogens (tertiary/aromatic N) is 2. The van der Waals surface area contributed by atoms with Gasteiger partial charge in [0.1, 0.15) is 22.4 Å². The molecule has 1 atom stereocenters. The van der Waals surface area contributed by atoms with Gasteiger partial charge in [-0.15, -0.1) is 11.3 Å². The summed E-state index contributed by atoms with van der Waals surface area (Å²) < 4.78 is 6.56. The molecule has 0 aliphatic rings. The summed E-state index contributed by atoms with van der Waals surface area (Å²) in [5.41, 5.74) is 1.36. The maximum absolute atomic E-state index is 13.2. The molecule has 0 saturated heterocycles. The van der Waals surface area contributed by atoms with Crippen molar-refractivity contribution in [3.05, 3.63) is 45.3 Å². The van der Waals surface area contributed by atoms with E-state index in [-0.39, 0.29) is 5.56 Å². The molecule has 26 heavy (non-hydrogen) atoms. The number of aryl methyl sites for hydroxylation is 2. The zero-order valence-corrected chi connectivity index (χ0v) is 15.9. The van der Waals surface area contributed by atoms with Crippen LogP contribution in [0.1, 0.15) is 30.6 Å². The molecule has 0 bridgehead atoms. The van der Waals surface area contributed by atoms with Gasteiger partial charge in [-0.05, 0) is 38.0 Å². The van der Waals surface area contributed by atoms with Crippen molar-refractivity contribution in [1.82, 2.24) is 9.55 Å². The average molecular weight is 372 g/mol. The zero-order valence-electron chi connectivity index (χ0n) is 15.1. The predicted molar refractivity (Wildman–Crippen MR) is 102 cm³/mol. The number of hydrogen-bond donors (Lipinski definition) is 1. The highest BCUT2D eigenvalue weighted by Crippen LogP contribution is 2.38. The molecule has 0 aliphatic carbocycles. The Hall–Kier alpha value is -2.67. The van der Waals surface area contributed by atoms with E-state index in [0.717, 1.165) is 22.4 Å². The number of carbonyl (C=O) groups is 1. The Balaban J connectivity index is 2.40. The van der Waals surface area contributed by atoms with E-state index in [1.54, 1.807) is 14.0 Å². The number of benzene rings is 1. The highest BCUT2D eigenvalue weighted by molar-refractivity contribution is 7.19. The van der Waals surface area contributed by atoms with E-state index in [9.17, 15) is 14.7 Å². The molecule has 136 valence electrons. The summed E-state index contributed by atoms with van der Waals surface area (Å²) in [7, 11) is 1.60. The number of carboxylic acids is 1. The number of rotatable bonds is 5. The molecular formula is C19H20N2O4S. The lowest BCUT2D eigenvalue weighted by atomic mass is 10.0. The van der Waals surface area contributed by atoms with Crippen molar-refractivity contribution in [1.29, 1.82) is 0 Å². The quantitative estimate of drug-likeness (QED) is 0.739. The minimum atomic E-state index is -1.06. The van der Waals surface area contributed by atoms with Crippen molar-refractivity contribution in [3.63, 3.8) is 0 Å². The Morgan fingerprint density at radius 2 is 2.15 bits per heavy atom. The van der Waals surface area contributed by atoms with Crippen molar-refractivity contribution in [2.45, 2.75) is 33.2 Å². The lowest BCUT2D eigenvalue weighted by Crippen LogP contribution is -2.30. The third kappa shape index (κ3) is 2.88. The number of aliphatic carboxylic acids is 1. The Morgan fingerprint density at radius 3 is 2.77 bits per heavy atom. The highest BCUT2D eigenvalue weighted by Gasteiger charge is 2.24. The van der Waals surface area contributed by atoms with Gasteiger partial charge in [-0.1, -0.05) is 19.1 Å². The Bertz CT molecular complexity index is 1050. The van der Waals surface area contributed by atoms with E-state index < -0.39 is 12.0 Å². The van der Waals surface area contributed by atoms with E-state index >= 15 is 0 Å². The molecule has 0 amide bonds. The molecule has 2 heterocycles. The number of carboxylic acid groups (broad SMARTS) is 1. The average Bonchev–Trinajstić information content (AvgIpc) is 3.00. The predicted octanol–water partition coefficient (Wildman–Crippen LogP) is 3.65. The molecule has 2 aromatic heterocycles. The second kappa shape index (κ2) is 6.92. The van der Waals surface area contributed by atoms with Crippen LogP contribution in [-0.2, 0) is 11.2 Å². The molecule has 7 heteroatoms. The Kier molecular flexibility index (Phi) is 4.82. The van der Waals surface area contributed by atoms with Gasteiger partial charge in [-0.3, -0.25) is 9.36 Å². The van der Waals surface area contributed by atoms with Crippen molar-refractivity contribution >= 4 is 27.5 Å². The maximum Gasteiger partial charge on any atom is 0.326 e. The van der Waals surface area contributed by atoms with Gasteiger partial charge in [0.2, 0.25) is 0 Å². The maximum atomic E-state index is 13.2. The zero-order chi connectivity index (χ0) is 19.0. The van der Waals surface area contributed by atoms with Crippen LogP contribution >= 0.6 is 11.3 Å². The van der Waals surface area contributed by atoms with Gasteiger partial charge >= 0.3 is 5.97 Å². The van der Waals surface area contributed by atoms with Crippen LogP contribution in [-0.4, -0.2) is 27.7 Å². The van der Waals surface area contributed by atoms with Crippen LogP contribution in [0.2, 0.25) is 0 Å². The first-order chi connectivity index (χ1) is 12.4. The summed E-state index contributed by atoms with van der Waals surface area (Å²) in [6, 6.07) is 6.54. The summed E-state index contributed by atoms with van der Waals surface area (Å²) in [4.78, 5) is 30.8.